The highest BCUT2D eigenvalue weighted by Gasteiger charge is 2.16. The van der Waals surface area contributed by atoms with E-state index in [1.54, 1.807) is 14.2 Å². The van der Waals surface area contributed by atoms with Gasteiger partial charge in [-0.2, -0.15) is 0 Å². The molecule has 1 aromatic rings. The van der Waals surface area contributed by atoms with Gasteiger partial charge in [0.1, 0.15) is 18.2 Å². The minimum atomic E-state index is 0.214. The van der Waals surface area contributed by atoms with Crippen LogP contribution in [0.4, 0.5) is 11.6 Å². The molecule has 1 heterocycles. The van der Waals surface area contributed by atoms with Gasteiger partial charge in [-0.25, -0.2) is 15.8 Å². The van der Waals surface area contributed by atoms with Gasteiger partial charge in [-0.15, -0.1) is 0 Å². The Balaban J connectivity index is 3.04. The van der Waals surface area contributed by atoms with Crippen LogP contribution in [0.3, 0.4) is 0 Å². The van der Waals surface area contributed by atoms with E-state index in [-0.39, 0.29) is 6.04 Å². The molecule has 19 heavy (non-hydrogen) atoms. The number of rotatable bonds is 8. The Morgan fingerprint density at radius 1 is 1.37 bits per heavy atom. The number of nitrogens with zero attached hydrogens (tertiary/aromatic N) is 3. The Kier molecular flexibility index (Phi) is 6.48. The fraction of sp³-hybridized carbons (Fsp3) is 0.667. The zero-order valence-corrected chi connectivity index (χ0v) is 12.0. The van der Waals surface area contributed by atoms with Gasteiger partial charge in [-0.05, 0) is 13.8 Å². The predicted octanol–water partition coefficient (Wildman–Crippen LogP) is 0.770. The molecule has 1 aromatic heterocycles. The molecule has 1 unspecified atom stereocenters. The highest BCUT2D eigenvalue weighted by atomic mass is 16.5. The number of ether oxygens (including phenoxy) is 2. The molecule has 0 aliphatic rings. The van der Waals surface area contributed by atoms with Crippen molar-refractivity contribution >= 4 is 11.6 Å². The van der Waals surface area contributed by atoms with Gasteiger partial charge < -0.3 is 19.8 Å². The lowest BCUT2D eigenvalue weighted by molar-refractivity contribution is 0.177. The van der Waals surface area contributed by atoms with E-state index in [4.69, 9.17) is 15.3 Å². The summed E-state index contributed by atoms with van der Waals surface area (Å²) in [5.41, 5.74) is 2.55. The van der Waals surface area contributed by atoms with Gasteiger partial charge in [0.25, 0.3) is 0 Å². The summed E-state index contributed by atoms with van der Waals surface area (Å²) in [4.78, 5) is 10.8. The molecule has 0 saturated carbocycles. The predicted molar refractivity (Wildman–Crippen MR) is 74.9 cm³/mol. The summed E-state index contributed by atoms with van der Waals surface area (Å²) in [5, 5.41) is 0. The van der Waals surface area contributed by atoms with Crippen LogP contribution in [0, 0.1) is 0 Å². The van der Waals surface area contributed by atoms with Gasteiger partial charge in [-0.3, -0.25) is 0 Å². The lowest BCUT2D eigenvalue weighted by Gasteiger charge is -2.29. The summed E-state index contributed by atoms with van der Waals surface area (Å²) in [6.45, 7) is 5.94. The molecule has 7 heteroatoms. The van der Waals surface area contributed by atoms with E-state index in [2.05, 4.69) is 34.1 Å². The Bertz CT molecular complexity index is 388. The monoisotopic (exact) mass is 269 g/mol. The van der Waals surface area contributed by atoms with Gasteiger partial charge in [0.05, 0.1) is 12.6 Å². The van der Waals surface area contributed by atoms with Crippen LogP contribution in [0.2, 0.25) is 0 Å². The smallest absolute Gasteiger partial charge is 0.158 e. The second-order valence-corrected chi connectivity index (χ2v) is 4.20. The third kappa shape index (κ3) is 4.30. The third-order valence-electron chi connectivity index (χ3n) is 2.76. The summed E-state index contributed by atoms with van der Waals surface area (Å²) in [6, 6.07) is 2.03. The summed E-state index contributed by atoms with van der Waals surface area (Å²) >= 11 is 0. The van der Waals surface area contributed by atoms with Crippen molar-refractivity contribution in [3.8, 4) is 0 Å². The maximum Gasteiger partial charge on any atom is 0.158 e. The van der Waals surface area contributed by atoms with E-state index >= 15 is 0 Å². The highest BCUT2D eigenvalue weighted by Crippen LogP contribution is 2.18. The van der Waals surface area contributed by atoms with Crippen molar-refractivity contribution in [3.63, 3.8) is 0 Å². The van der Waals surface area contributed by atoms with E-state index < -0.39 is 0 Å². The summed E-state index contributed by atoms with van der Waals surface area (Å²) in [5.74, 6) is 7.41. The molecule has 7 nitrogen and oxygen atoms in total. The van der Waals surface area contributed by atoms with E-state index in [1.807, 2.05) is 6.07 Å². The molecule has 0 bridgehead atoms. The van der Waals surface area contributed by atoms with Crippen molar-refractivity contribution in [2.75, 3.05) is 37.7 Å². The van der Waals surface area contributed by atoms with Gasteiger partial charge >= 0.3 is 0 Å². The molecule has 0 radical (unpaired) electrons. The SMILES string of the molecule is CCN(c1cc(NN)nc(COC)n1)C(C)COC. The number of hydrazine groups is 1. The Hall–Kier alpha value is -1.44. The largest absolute Gasteiger partial charge is 0.383 e. The van der Waals surface area contributed by atoms with Crippen LogP contribution >= 0.6 is 0 Å². The average Bonchev–Trinajstić information content (AvgIpc) is 2.40. The molecule has 0 spiro atoms. The van der Waals surface area contributed by atoms with Crippen LogP contribution in [0.1, 0.15) is 19.7 Å². The van der Waals surface area contributed by atoms with Crippen molar-refractivity contribution < 1.29 is 9.47 Å². The Morgan fingerprint density at radius 3 is 2.63 bits per heavy atom. The molecule has 3 N–H and O–H groups in total. The van der Waals surface area contributed by atoms with Crippen molar-refractivity contribution in [1.82, 2.24) is 9.97 Å². The quantitative estimate of drug-likeness (QED) is 0.532. The first-order chi connectivity index (χ1) is 9.15. The summed E-state index contributed by atoms with van der Waals surface area (Å²) in [6.07, 6.45) is 0. The second-order valence-electron chi connectivity index (χ2n) is 4.20. The fourth-order valence-corrected chi connectivity index (χ4v) is 1.93. The molecule has 1 atom stereocenters. The molecule has 0 fully saturated rings. The van der Waals surface area contributed by atoms with E-state index in [0.717, 1.165) is 12.4 Å². The first-order valence-corrected chi connectivity index (χ1v) is 6.25. The Labute approximate surface area is 114 Å². The van der Waals surface area contributed by atoms with Crippen LogP contribution < -0.4 is 16.2 Å². The zero-order chi connectivity index (χ0) is 14.3. The first kappa shape index (κ1) is 15.6. The number of hydrogen-bond donors (Lipinski definition) is 2. The number of methoxy groups -OCH3 is 2. The van der Waals surface area contributed by atoms with Crippen LogP contribution in [0.15, 0.2) is 6.07 Å². The Morgan fingerprint density at radius 2 is 2.11 bits per heavy atom. The number of hydrogen-bond acceptors (Lipinski definition) is 7. The number of nitrogens with one attached hydrogen (secondary N) is 1. The zero-order valence-electron chi connectivity index (χ0n) is 12.0. The number of likely N-dealkylation sites (N-methyl/N-ethyl adjacent to an activating group) is 1. The standard InChI is InChI=1S/C12H23N5O2/c1-5-17(9(2)7-18-3)12-6-10(16-13)14-11(15-12)8-19-4/h6,9H,5,7-8,13H2,1-4H3,(H,14,15,16). The van der Waals surface area contributed by atoms with Gasteiger partial charge in [-0.1, -0.05) is 0 Å². The average molecular weight is 269 g/mol. The summed E-state index contributed by atoms with van der Waals surface area (Å²) in [7, 11) is 3.30. The minimum Gasteiger partial charge on any atom is -0.383 e. The van der Waals surface area contributed by atoms with Crippen LogP contribution in [0.25, 0.3) is 0 Å². The van der Waals surface area contributed by atoms with Crippen molar-refractivity contribution in [2.24, 2.45) is 5.84 Å². The fourth-order valence-electron chi connectivity index (χ4n) is 1.93. The van der Waals surface area contributed by atoms with Crippen molar-refractivity contribution in [3.05, 3.63) is 11.9 Å². The normalized spacial score (nSPS) is 12.3. The molecule has 0 saturated heterocycles. The van der Waals surface area contributed by atoms with E-state index in [0.29, 0.717) is 24.9 Å². The molecule has 0 amide bonds. The number of anilines is 2. The molecule has 0 aliphatic heterocycles. The van der Waals surface area contributed by atoms with Gasteiger partial charge in [0.15, 0.2) is 5.82 Å². The number of aromatic nitrogens is 2. The van der Waals surface area contributed by atoms with Gasteiger partial charge in [0.2, 0.25) is 0 Å². The number of nitrogens with two attached hydrogens (primary N) is 1. The first-order valence-electron chi connectivity index (χ1n) is 6.25. The molecule has 0 aliphatic carbocycles. The van der Waals surface area contributed by atoms with E-state index in [9.17, 15) is 0 Å². The highest BCUT2D eigenvalue weighted by molar-refractivity contribution is 5.49. The minimum absolute atomic E-state index is 0.214. The lowest BCUT2D eigenvalue weighted by atomic mass is 10.3. The topological polar surface area (TPSA) is 85.5 Å². The number of nitrogen functional groups attached to an aromatic ring is 1. The van der Waals surface area contributed by atoms with E-state index in [1.165, 1.54) is 0 Å². The third-order valence-corrected chi connectivity index (χ3v) is 2.76. The maximum atomic E-state index is 5.44. The van der Waals surface area contributed by atoms with Crippen LogP contribution in [0.5, 0.6) is 0 Å². The second kappa shape index (κ2) is 7.88. The molecular weight excluding hydrogens is 246 g/mol. The van der Waals surface area contributed by atoms with Crippen LogP contribution in [-0.4, -0.2) is 43.4 Å². The van der Waals surface area contributed by atoms with Crippen molar-refractivity contribution in [1.29, 1.82) is 0 Å². The summed E-state index contributed by atoms with van der Waals surface area (Å²) < 4.78 is 10.3. The lowest BCUT2D eigenvalue weighted by Crippen LogP contribution is -2.37. The maximum absolute atomic E-state index is 5.44. The molecule has 1 rings (SSSR count). The van der Waals surface area contributed by atoms with Gasteiger partial charge in [0, 0.05) is 26.8 Å². The van der Waals surface area contributed by atoms with Crippen molar-refractivity contribution in [2.45, 2.75) is 26.5 Å². The molecular formula is C12H23N5O2. The molecule has 108 valence electrons. The molecule has 0 aromatic carbocycles. The van der Waals surface area contributed by atoms with Crippen LogP contribution in [-0.2, 0) is 16.1 Å².